The van der Waals surface area contributed by atoms with Crippen LogP contribution in [-0.2, 0) is 4.79 Å². The summed E-state index contributed by atoms with van der Waals surface area (Å²) in [5, 5.41) is 7.90. The van der Waals surface area contributed by atoms with Crippen molar-refractivity contribution in [3.8, 4) is 0 Å². The maximum absolute atomic E-state index is 9.61. The van der Waals surface area contributed by atoms with Crippen LogP contribution in [0, 0.1) is 6.57 Å². The van der Waals surface area contributed by atoms with Gasteiger partial charge >= 0.3 is 5.97 Å². The predicted octanol–water partition coefficient (Wildman–Crippen LogP) is 2.09. The van der Waals surface area contributed by atoms with Gasteiger partial charge in [-0.3, -0.25) is 4.79 Å². The topological polar surface area (TPSA) is 67.7 Å². The number of nitrogens with zero attached hydrogens (tertiary/aromatic N) is 1. The maximum atomic E-state index is 9.61. The molecule has 0 heterocycles. The summed E-state index contributed by atoms with van der Waals surface area (Å²) in [6.07, 6.45) is -0.0382. The van der Waals surface area contributed by atoms with Crippen LogP contribution >= 0.6 is 0 Å². The first-order valence-corrected chi connectivity index (χ1v) is 4.93. The van der Waals surface area contributed by atoms with E-state index >= 15 is 0 Å². The lowest BCUT2D eigenvalue weighted by molar-refractivity contribution is -0.136. The molecule has 4 heteroatoms. The predicted molar refractivity (Wildman–Crippen MR) is 62.8 cm³/mol. The van der Waals surface area contributed by atoms with Crippen molar-refractivity contribution in [2.45, 2.75) is 19.4 Å². The number of benzene rings is 1. The van der Waals surface area contributed by atoms with Crippen molar-refractivity contribution < 1.29 is 9.90 Å². The Morgan fingerprint density at radius 3 is 2.31 bits per heavy atom. The lowest BCUT2D eigenvalue weighted by Gasteiger charge is -2.02. The van der Waals surface area contributed by atoms with Crippen LogP contribution in [0.2, 0.25) is 0 Å². The van der Waals surface area contributed by atoms with Crippen LogP contribution in [0.5, 0.6) is 0 Å². The summed E-state index contributed by atoms with van der Waals surface area (Å²) in [6, 6.07) is 10.2. The summed E-state index contributed by atoms with van der Waals surface area (Å²) in [7, 11) is 0. The Balaban J connectivity index is 0.000000293. The Labute approximate surface area is 95.5 Å². The smallest absolute Gasteiger partial charge is 0.310 e. The Kier molecular flexibility index (Phi) is 7.47. The van der Waals surface area contributed by atoms with Crippen molar-refractivity contribution in [3.63, 3.8) is 0 Å². The van der Waals surface area contributed by atoms with Gasteiger partial charge in [-0.25, -0.2) is 6.57 Å². The van der Waals surface area contributed by atoms with E-state index < -0.39 is 5.97 Å². The minimum absolute atomic E-state index is 0.0382. The van der Waals surface area contributed by atoms with Gasteiger partial charge in [0, 0.05) is 6.04 Å². The molecule has 1 aromatic rings. The van der Waals surface area contributed by atoms with Gasteiger partial charge in [-0.1, -0.05) is 30.3 Å². The second kappa shape index (κ2) is 8.45. The second-order valence-corrected chi connectivity index (χ2v) is 3.22. The summed E-state index contributed by atoms with van der Waals surface area (Å²) in [5.41, 5.74) is 6.81. The first kappa shape index (κ1) is 14.1. The molecule has 4 nitrogen and oxygen atoms in total. The number of rotatable bonds is 3. The van der Waals surface area contributed by atoms with E-state index in [9.17, 15) is 4.79 Å². The quantitative estimate of drug-likeness (QED) is 0.766. The van der Waals surface area contributed by atoms with Gasteiger partial charge in [0.05, 0.1) is 0 Å². The molecule has 0 fully saturated rings. The highest BCUT2D eigenvalue weighted by Gasteiger charge is 1.94. The minimum atomic E-state index is -0.906. The van der Waals surface area contributed by atoms with Crippen LogP contribution in [0.4, 0.5) is 0 Å². The first-order chi connectivity index (χ1) is 7.57. The van der Waals surface area contributed by atoms with E-state index in [0.29, 0.717) is 0 Å². The van der Waals surface area contributed by atoms with Gasteiger partial charge in [0.15, 0.2) is 0 Å². The number of carboxylic acids is 1. The molecule has 1 rings (SSSR count). The summed E-state index contributed by atoms with van der Waals surface area (Å²) >= 11 is 0. The minimum Gasteiger partial charge on any atom is -0.481 e. The zero-order valence-corrected chi connectivity index (χ0v) is 9.26. The third-order valence-corrected chi connectivity index (χ3v) is 1.76. The summed E-state index contributed by atoms with van der Waals surface area (Å²) < 4.78 is 0. The van der Waals surface area contributed by atoms with Gasteiger partial charge < -0.3 is 15.7 Å². The van der Waals surface area contributed by atoms with E-state index in [2.05, 4.69) is 4.85 Å². The molecule has 16 heavy (non-hydrogen) atoms. The Bertz CT molecular complexity index is 342. The molecule has 0 bridgehead atoms. The number of carboxylic acid groups (broad SMARTS) is 1. The summed E-state index contributed by atoms with van der Waals surface area (Å²) in [4.78, 5) is 12.5. The molecule has 1 aromatic carbocycles. The molecule has 0 aliphatic carbocycles. The summed E-state index contributed by atoms with van der Waals surface area (Å²) in [6.45, 7) is 8.23. The third kappa shape index (κ3) is 7.54. The van der Waals surface area contributed by atoms with Crippen molar-refractivity contribution in [3.05, 3.63) is 47.3 Å². The van der Waals surface area contributed by atoms with Gasteiger partial charge in [0.2, 0.25) is 6.54 Å². The fourth-order valence-corrected chi connectivity index (χ4v) is 0.908. The standard InChI is InChI=1S/C8H11N.C4H5NO2/c1-7(9)8-5-3-2-4-6-8;1-5-3-2-4(6)7/h2-7H,9H2,1H3;2-3H2,(H,6,7). The second-order valence-electron chi connectivity index (χ2n) is 3.22. The highest BCUT2D eigenvalue weighted by molar-refractivity contribution is 5.67. The molecular formula is C12H16N2O2. The lowest BCUT2D eigenvalue weighted by atomic mass is 10.1. The highest BCUT2D eigenvalue weighted by Crippen LogP contribution is 2.06. The van der Waals surface area contributed by atoms with Crippen LogP contribution in [0.15, 0.2) is 30.3 Å². The number of aliphatic carboxylic acids is 1. The number of nitrogens with two attached hydrogens (primary N) is 1. The molecule has 1 unspecified atom stereocenters. The summed E-state index contributed by atoms with van der Waals surface area (Å²) in [5.74, 6) is -0.906. The van der Waals surface area contributed by atoms with Gasteiger partial charge in [-0.2, -0.15) is 0 Å². The van der Waals surface area contributed by atoms with Crippen molar-refractivity contribution in [2.75, 3.05) is 6.54 Å². The Morgan fingerprint density at radius 1 is 1.50 bits per heavy atom. The van der Waals surface area contributed by atoms with Crippen LogP contribution < -0.4 is 5.73 Å². The molecule has 86 valence electrons. The van der Waals surface area contributed by atoms with Crippen LogP contribution in [0.3, 0.4) is 0 Å². The van der Waals surface area contributed by atoms with E-state index in [1.165, 1.54) is 5.56 Å². The van der Waals surface area contributed by atoms with E-state index in [0.717, 1.165) is 0 Å². The number of hydrogen-bond donors (Lipinski definition) is 2. The molecule has 0 saturated heterocycles. The van der Waals surface area contributed by atoms with Crippen molar-refractivity contribution >= 4 is 5.97 Å². The molecule has 3 N–H and O–H groups in total. The van der Waals surface area contributed by atoms with Crippen molar-refractivity contribution in [1.82, 2.24) is 0 Å². The van der Waals surface area contributed by atoms with Crippen molar-refractivity contribution in [2.24, 2.45) is 5.73 Å². The highest BCUT2D eigenvalue weighted by atomic mass is 16.4. The fraction of sp³-hybridized carbons (Fsp3) is 0.333. The average Bonchev–Trinajstić information content (AvgIpc) is 2.28. The van der Waals surface area contributed by atoms with Gasteiger partial charge in [0.25, 0.3) is 0 Å². The molecule has 0 aromatic heterocycles. The Morgan fingerprint density at radius 2 is 2.06 bits per heavy atom. The molecule has 1 atom stereocenters. The molecular weight excluding hydrogens is 204 g/mol. The SMILES string of the molecule is CC(N)c1ccccc1.[C-]#[N+]CCC(=O)O. The van der Waals surface area contributed by atoms with Gasteiger partial charge in [-0.15, -0.1) is 0 Å². The fourth-order valence-electron chi connectivity index (χ4n) is 0.908. The first-order valence-electron chi connectivity index (χ1n) is 4.93. The zero-order valence-electron chi connectivity index (χ0n) is 9.26. The normalized spacial score (nSPS) is 10.6. The molecule has 0 amide bonds. The largest absolute Gasteiger partial charge is 0.481 e. The van der Waals surface area contributed by atoms with E-state index in [4.69, 9.17) is 17.4 Å². The Hall–Kier alpha value is -1.86. The molecule has 0 aliphatic heterocycles. The zero-order chi connectivity index (χ0) is 12.4. The molecule has 0 spiro atoms. The van der Waals surface area contributed by atoms with E-state index in [-0.39, 0.29) is 19.0 Å². The third-order valence-electron chi connectivity index (χ3n) is 1.76. The van der Waals surface area contributed by atoms with E-state index in [1.54, 1.807) is 0 Å². The molecule has 0 radical (unpaired) electrons. The van der Waals surface area contributed by atoms with Crippen molar-refractivity contribution in [1.29, 1.82) is 0 Å². The lowest BCUT2D eigenvalue weighted by Crippen LogP contribution is -2.03. The van der Waals surface area contributed by atoms with Crippen LogP contribution in [0.25, 0.3) is 4.85 Å². The average molecular weight is 220 g/mol. The molecule has 0 saturated carbocycles. The monoisotopic (exact) mass is 220 g/mol. The number of hydrogen-bond acceptors (Lipinski definition) is 2. The van der Waals surface area contributed by atoms with Gasteiger partial charge in [0.1, 0.15) is 6.42 Å². The molecule has 0 aliphatic rings. The maximum Gasteiger partial charge on any atom is 0.310 e. The van der Waals surface area contributed by atoms with Crippen LogP contribution in [0.1, 0.15) is 24.9 Å². The number of carbonyl (C=O) groups is 1. The van der Waals surface area contributed by atoms with E-state index in [1.807, 2.05) is 37.3 Å². The van der Waals surface area contributed by atoms with Gasteiger partial charge in [-0.05, 0) is 12.5 Å². The van der Waals surface area contributed by atoms with Crippen LogP contribution in [-0.4, -0.2) is 17.6 Å².